The van der Waals surface area contributed by atoms with Gasteiger partial charge in [0.15, 0.2) is 0 Å². The maximum Gasteiger partial charge on any atom is 0.0527 e. The Balaban J connectivity index is 1.53. The third-order valence-electron chi connectivity index (χ3n) is 5.06. The summed E-state index contributed by atoms with van der Waals surface area (Å²) in [6, 6.07) is 1.80. The molecule has 0 aromatic carbocycles. The molecule has 0 unspecified atom stereocenters. The molecule has 3 fully saturated rings. The van der Waals surface area contributed by atoms with Gasteiger partial charge < -0.3 is 0 Å². The van der Waals surface area contributed by atoms with Gasteiger partial charge in [0, 0.05) is 23.8 Å². The number of hydrogen-bond acceptors (Lipinski definition) is 3. The Kier molecular flexibility index (Phi) is 4.88. The van der Waals surface area contributed by atoms with Crippen LogP contribution >= 0.6 is 11.8 Å². The van der Waals surface area contributed by atoms with Gasteiger partial charge in [-0.2, -0.15) is 0 Å². The molecule has 0 aromatic rings. The molecule has 3 heteroatoms. The Labute approximate surface area is 116 Å². The summed E-state index contributed by atoms with van der Waals surface area (Å²) < 4.78 is 0. The summed E-state index contributed by atoms with van der Waals surface area (Å²) in [5.41, 5.74) is 0. The van der Waals surface area contributed by atoms with Crippen LogP contribution in [-0.2, 0) is 0 Å². The predicted molar refractivity (Wildman–Crippen MR) is 79.6 cm³/mol. The van der Waals surface area contributed by atoms with E-state index >= 15 is 0 Å². The smallest absolute Gasteiger partial charge is 0.0527 e. The maximum absolute atomic E-state index is 2.78. The third-order valence-corrected chi connectivity index (χ3v) is 6.09. The van der Waals surface area contributed by atoms with Crippen molar-refractivity contribution in [1.29, 1.82) is 0 Å². The summed E-state index contributed by atoms with van der Waals surface area (Å²) in [5, 5.41) is 0. The molecular formula is C15H28N2S. The van der Waals surface area contributed by atoms with Crippen molar-refractivity contribution in [2.45, 2.75) is 76.3 Å². The van der Waals surface area contributed by atoms with E-state index in [0.717, 1.165) is 12.1 Å². The van der Waals surface area contributed by atoms with Gasteiger partial charge in [-0.3, -0.25) is 9.80 Å². The number of hydrogen-bond donors (Lipinski definition) is 0. The summed E-state index contributed by atoms with van der Waals surface area (Å²) in [7, 11) is 0. The van der Waals surface area contributed by atoms with Gasteiger partial charge in [0.1, 0.15) is 0 Å². The largest absolute Gasteiger partial charge is 0.278 e. The van der Waals surface area contributed by atoms with E-state index < -0.39 is 0 Å². The minimum absolute atomic E-state index is 0.901. The van der Waals surface area contributed by atoms with E-state index in [1.165, 1.54) is 82.6 Å². The van der Waals surface area contributed by atoms with E-state index in [4.69, 9.17) is 0 Å². The molecule has 2 saturated carbocycles. The lowest BCUT2D eigenvalue weighted by Crippen LogP contribution is -2.51. The molecule has 0 spiro atoms. The molecule has 0 N–H and O–H groups in total. The van der Waals surface area contributed by atoms with E-state index in [-0.39, 0.29) is 0 Å². The van der Waals surface area contributed by atoms with Crippen molar-refractivity contribution in [2.24, 2.45) is 0 Å². The first-order valence-corrected chi connectivity index (χ1v) is 9.15. The van der Waals surface area contributed by atoms with Crippen LogP contribution in [0.25, 0.3) is 0 Å². The third kappa shape index (κ3) is 3.23. The van der Waals surface area contributed by atoms with Crippen molar-refractivity contribution < 1.29 is 0 Å². The second-order valence-electron chi connectivity index (χ2n) is 6.36. The highest BCUT2D eigenvalue weighted by Crippen LogP contribution is 2.30. The fourth-order valence-electron chi connectivity index (χ4n) is 3.92. The SMILES string of the molecule is C1CCC(N2CSCN(C3CCCCC3)C2)CC1. The molecule has 0 atom stereocenters. The average molecular weight is 268 g/mol. The van der Waals surface area contributed by atoms with E-state index in [0.29, 0.717) is 0 Å². The Morgan fingerprint density at radius 3 is 1.50 bits per heavy atom. The van der Waals surface area contributed by atoms with Crippen LogP contribution in [0.4, 0.5) is 0 Å². The fraction of sp³-hybridized carbons (Fsp3) is 1.00. The van der Waals surface area contributed by atoms with Gasteiger partial charge in [-0.15, -0.1) is 11.8 Å². The second-order valence-corrected chi connectivity index (χ2v) is 7.29. The van der Waals surface area contributed by atoms with E-state index in [2.05, 4.69) is 21.6 Å². The van der Waals surface area contributed by atoms with Crippen molar-refractivity contribution >= 4 is 11.8 Å². The molecule has 1 saturated heterocycles. The van der Waals surface area contributed by atoms with E-state index in [9.17, 15) is 0 Å². The van der Waals surface area contributed by atoms with Crippen LogP contribution in [0.5, 0.6) is 0 Å². The second kappa shape index (κ2) is 6.62. The molecule has 0 amide bonds. The molecular weight excluding hydrogens is 240 g/mol. The van der Waals surface area contributed by atoms with Gasteiger partial charge in [-0.1, -0.05) is 38.5 Å². The van der Waals surface area contributed by atoms with Gasteiger partial charge in [-0.25, -0.2) is 0 Å². The van der Waals surface area contributed by atoms with Crippen LogP contribution in [0.3, 0.4) is 0 Å². The van der Waals surface area contributed by atoms with Gasteiger partial charge in [-0.05, 0) is 25.7 Å². The Morgan fingerprint density at radius 1 is 0.611 bits per heavy atom. The predicted octanol–water partition coefficient (Wildman–Crippen LogP) is 3.88. The first-order chi connectivity index (χ1) is 8.93. The summed E-state index contributed by atoms with van der Waals surface area (Å²) in [4.78, 5) is 5.56. The molecule has 0 radical (unpaired) electrons. The van der Waals surface area contributed by atoms with Crippen molar-refractivity contribution in [1.82, 2.24) is 9.80 Å². The molecule has 1 aliphatic heterocycles. The highest BCUT2D eigenvalue weighted by molar-refractivity contribution is 7.99. The average Bonchev–Trinajstić information content (AvgIpc) is 2.49. The van der Waals surface area contributed by atoms with Crippen molar-refractivity contribution in [3.8, 4) is 0 Å². The lowest BCUT2D eigenvalue weighted by Gasteiger charge is -2.44. The van der Waals surface area contributed by atoms with Crippen LogP contribution in [0.15, 0.2) is 0 Å². The minimum Gasteiger partial charge on any atom is -0.278 e. The molecule has 104 valence electrons. The Bertz CT molecular complexity index is 223. The minimum atomic E-state index is 0.901. The van der Waals surface area contributed by atoms with Crippen LogP contribution in [0.2, 0.25) is 0 Å². The van der Waals surface area contributed by atoms with Crippen LogP contribution in [-0.4, -0.2) is 40.3 Å². The highest BCUT2D eigenvalue weighted by atomic mass is 32.2. The summed E-state index contributed by atoms with van der Waals surface area (Å²) in [6.07, 6.45) is 14.7. The maximum atomic E-state index is 2.78. The monoisotopic (exact) mass is 268 g/mol. The van der Waals surface area contributed by atoms with Crippen molar-refractivity contribution in [3.63, 3.8) is 0 Å². The number of thioether (sulfide) groups is 1. The first-order valence-electron chi connectivity index (χ1n) is 7.99. The normalized spacial score (nSPS) is 30.7. The Morgan fingerprint density at radius 2 is 1.06 bits per heavy atom. The number of nitrogens with zero attached hydrogens (tertiary/aromatic N) is 2. The molecule has 18 heavy (non-hydrogen) atoms. The van der Waals surface area contributed by atoms with Crippen LogP contribution in [0.1, 0.15) is 64.2 Å². The van der Waals surface area contributed by atoms with Crippen molar-refractivity contribution in [3.05, 3.63) is 0 Å². The topological polar surface area (TPSA) is 6.48 Å². The van der Waals surface area contributed by atoms with Gasteiger partial charge >= 0.3 is 0 Å². The van der Waals surface area contributed by atoms with Gasteiger partial charge in [0.2, 0.25) is 0 Å². The van der Waals surface area contributed by atoms with E-state index in [1.54, 1.807) is 0 Å². The van der Waals surface area contributed by atoms with Gasteiger partial charge in [0.25, 0.3) is 0 Å². The quantitative estimate of drug-likeness (QED) is 0.750. The zero-order chi connectivity index (χ0) is 12.2. The summed E-state index contributed by atoms with van der Waals surface area (Å²) >= 11 is 2.15. The van der Waals surface area contributed by atoms with Crippen molar-refractivity contribution in [2.75, 3.05) is 18.4 Å². The van der Waals surface area contributed by atoms with Crippen LogP contribution < -0.4 is 0 Å². The molecule has 3 aliphatic rings. The molecule has 1 heterocycles. The molecule has 2 aliphatic carbocycles. The zero-order valence-corrected chi connectivity index (χ0v) is 12.5. The molecule has 0 aromatic heterocycles. The highest BCUT2D eigenvalue weighted by Gasteiger charge is 2.29. The summed E-state index contributed by atoms with van der Waals surface area (Å²) in [6.45, 7) is 1.27. The molecule has 2 nitrogen and oxygen atoms in total. The fourth-order valence-corrected chi connectivity index (χ4v) is 5.06. The summed E-state index contributed by atoms with van der Waals surface area (Å²) in [5.74, 6) is 2.57. The van der Waals surface area contributed by atoms with Gasteiger partial charge in [0.05, 0.1) is 6.67 Å². The Hall–Kier alpha value is 0.270. The standard InChI is InChI=1S/C15H28N2S/c1-3-7-14(8-4-1)16-11-17(13-18-12-16)15-9-5-2-6-10-15/h14-15H,1-13H2. The number of rotatable bonds is 2. The molecule has 3 rings (SSSR count). The van der Waals surface area contributed by atoms with Crippen LogP contribution in [0, 0.1) is 0 Å². The lowest BCUT2D eigenvalue weighted by atomic mass is 9.93. The van der Waals surface area contributed by atoms with E-state index in [1.807, 2.05) is 0 Å². The lowest BCUT2D eigenvalue weighted by molar-refractivity contribution is 0.0568. The zero-order valence-electron chi connectivity index (χ0n) is 11.6. The first kappa shape index (κ1) is 13.3. The molecule has 0 bridgehead atoms.